The second-order valence-corrected chi connectivity index (χ2v) is 14.1. The molecule has 1 N–H and O–H groups in total. The van der Waals surface area contributed by atoms with Gasteiger partial charge in [0.05, 0.1) is 10.9 Å². The van der Waals surface area contributed by atoms with Gasteiger partial charge >= 0.3 is 0 Å². The number of amides is 1. The Labute approximate surface area is 261 Å². The molecule has 0 bridgehead atoms. The van der Waals surface area contributed by atoms with Gasteiger partial charge in [-0.1, -0.05) is 93.6 Å². The summed E-state index contributed by atoms with van der Waals surface area (Å²) in [4.78, 5) is 15.3. The predicted octanol–water partition coefficient (Wildman–Crippen LogP) is 6.49. The van der Waals surface area contributed by atoms with E-state index in [0.29, 0.717) is 37.6 Å². The fourth-order valence-electron chi connectivity index (χ4n) is 5.48. The first-order valence-corrected chi connectivity index (χ1v) is 16.5. The molecule has 1 atom stereocenters. The Morgan fingerprint density at radius 2 is 1.27 bits per heavy atom. The fraction of sp³-hybridized carbons (Fsp3) is 0.306. The molecule has 1 aliphatic heterocycles. The topological polar surface area (TPSA) is 78.9 Å². The minimum atomic E-state index is -3.69. The van der Waals surface area contributed by atoms with Crippen molar-refractivity contribution in [1.29, 1.82) is 0 Å². The zero-order chi connectivity index (χ0) is 31.3. The van der Waals surface area contributed by atoms with Crippen LogP contribution in [-0.2, 0) is 20.2 Å². The Balaban J connectivity index is 1.19. The van der Waals surface area contributed by atoms with Crippen LogP contribution in [0.15, 0.2) is 114 Å². The Morgan fingerprint density at radius 1 is 0.750 bits per heavy atom. The van der Waals surface area contributed by atoms with Crippen LogP contribution in [0, 0.1) is 0 Å². The summed E-state index contributed by atoms with van der Waals surface area (Å²) in [5.41, 5.74) is 4.09. The van der Waals surface area contributed by atoms with Crippen LogP contribution in [0.25, 0.3) is 0 Å². The number of carbonyl (C=O) groups is 1. The summed E-state index contributed by atoms with van der Waals surface area (Å²) in [7, 11) is -3.69. The Bertz CT molecular complexity index is 1590. The summed E-state index contributed by atoms with van der Waals surface area (Å²) in [6.45, 7) is 10.1. The summed E-state index contributed by atoms with van der Waals surface area (Å²) in [5.74, 6) is 0.295. The Hall–Kier alpha value is -3.98. The number of hydrogen-bond donors (Lipinski definition) is 1. The first-order valence-electron chi connectivity index (χ1n) is 15.0. The van der Waals surface area contributed by atoms with Gasteiger partial charge in [0.25, 0.3) is 5.91 Å². The number of rotatable bonds is 9. The highest BCUT2D eigenvalue weighted by atomic mass is 32.2. The summed E-state index contributed by atoms with van der Waals surface area (Å²) in [6, 6.07) is 34.8. The smallest absolute Gasteiger partial charge is 0.265 e. The average Bonchev–Trinajstić information content (AvgIpc) is 3.02. The molecule has 4 aromatic rings. The molecule has 1 heterocycles. The van der Waals surface area contributed by atoms with Crippen LogP contribution < -0.4 is 10.1 Å². The van der Waals surface area contributed by atoms with Crippen molar-refractivity contribution in [1.82, 2.24) is 9.21 Å². The van der Waals surface area contributed by atoms with E-state index >= 15 is 0 Å². The van der Waals surface area contributed by atoms with Gasteiger partial charge in [-0.3, -0.25) is 9.69 Å². The van der Waals surface area contributed by atoms with Gasteiger partial charge in [0.1, 0.15) is 5.75 Å². The molecular weight excluding hydrogens is 570 g/mol. The molecule has 0 aromatic heterocycles. The Morgan fingerprint density at radius 3 is 1.77 bits per heavy atom. The lowest BCUT2D eigenvalue weighted by Crippen LogP contribution is -2.49. The van der Waals surface area contributed by atoms with Crippen LogP contribution in [0.5, 0.6) is 5.75 Å². The molecule has 230 valence electrons. The summed E-state index contributed by atoms with van der Waals surface area (Å²) in [5, 5.41) is 2.83. The molecule has 1 saturated heterocycles. The largest absolute Gasteiger partial charge is 0.481 e. The Kier molecular flexibility index (Phi) is 9.53. The van der Waals surface area contributed by atoms with E-state index < -0.39 is 16.1 Å². The van der Waals surface area contributed by atoms with Crippen molar-refractivity contribution in [2.75, 3.05) is 31.5 Å². The van der Waals surface area contributed by atoms with Crippen molar-refractivity contribution in [3.05, 3.63) is 126 Å². The maximum absolute atomic E-state index is 13.5. The highest BCUT2D eigenvalue weighted by Gasteiger charge is 2.32. The molecule has 1 amide bonds. The van der Waals surface area contributed by atoms with Gasteiger partial charge in [-0.15, -0.1) is 0 Å². The number of sulfonamides is 1. The monoisotopic (exact) mass is 611 g/mol. The number of carbonyl (C=O) groups excluding carboxylic acids is 1. The van der Waals surface area contributed by atoms with Gasteiger partial charge < -0.3 is 10.1 Å². The van der Waals surface area contributed by atoms with Crippen molar-refractivity contribution in [2.45, 2.75) is 50.2 Å². The minimum Gasteiger partial charge on any atom is -0.481 e. The SMILES string of the molecule is CC(Oc1ccc(C(C)(C)C)cc1)C(=O)Nc1ccc(S(=O)(=O)N2CCN(C(c3ccccc3)c3ccccc3)CC2)cc1. The average molecular weight is 612 g/mol. The number of hydrogen-bond acceptors (Lipinski definition) is 5. The van der Waals surface area contributed by atoms with Crippen LogP contribution in [0.2, 0.25) is 0 Å². The number of piperazine rings is 1. The van der Waals surface area contributed by atoms with E-state index in [9.17, 15) is 13.2 Å². The van der Waals surface area contributed by atoms with E-state index in [-0.39, 0.29) is 22.3 Å². The van der Waals surface area contributed by atoms with E-state index in [0.717, 1.165) is 0 Å². The molecule has 1 unspecified atom stereocenters. The van der Waals surface area contributed by atoms with E-state index in [2.05, 4.69) is 55.3 Å². The molecule has 4 aromatic carbocycles. The maximum Gasteiger partial charge on any atom is 0.265 e. The molecule has 1 fully saturated rings. The number of ether oxygens (including phenoxy) is 1. The van der Waals surface area contributed by atoms with Crippen LogP contribution in [-0.4, -0.2) is 55.8 Å². The molecule has 0 saturated carbocycles. The first kappa shape index (κ1) is 31.4. The lowest BCUT2D eigenvalue weighted by molar-refractivity contribution is -0.122. The zero-order valence-corrected chi connectivity index (χ0v) is 26.6. The summed E-state index contributed by atoms with van der Waals surface area (Å²) < 4.78 is 34.5. The van der Waals surface area contributed by atoms with Crippen molar-refractivity contribution in [2.24, 2.45) is 0 Å². The van der Waals surface area contributed by atoms with Gasteiger partial charge in [-0.05, 0) is 65.4 Å². The van der Waals surface area contributed by atoms with E-state index in [1.54, 1.807) is 35.5 Å². The molecule has 7 nitrogen and oxygen atoms in total. The standard InChI is InChI=1S/C36H41N3O4S/c1-27(43-32-19-15-30(16-20-32)36(2,3)4)35(40)37-31-17-21-33(22-18-31)44(41,42)39-25-23-38(24-26-39)34(28-11-7-5-8-12-28)29-13-9-6-10-14-29/h5-22,27,34H,23-26H2,1-4H3,(H,37,40). The van der Waals surface area contributed by atoms with Gasteiger partial charge in [0.15, 0.2) is 6.10 Å². The fourth-order valence-corrected chi connectivity index (χ4v) is 6.90. The van der Waals surface area contributed by atoms with Crippen LogP contribution in [0.1, 0.15) is 50.4 Å². The van der Waals surface area contributed by atoms with Crippen molar-refractivity contribution < 1.29 is 17.9 Å². The third-order valence-electron chi connectivity index (χ3n) is 8.03. The van der Waals surface area contributed by atoms with Gasteiger partial charge in [0.2, 0.25) is 10.0 Å². The molecular formula is C36H41N3O4S. The van der Waals surface area contributed by atoms with E-state index in [1.807, 2.05) is 60.7 Å². The molecule has 8 heteroatoms. The molecule has 5 rings (SSSR count). The minimum absolute atomic E-state index is 0.0311. The summed E-state index contributed by atoms with van der Waals surface area (Å²) in [6.07, 6.45) is -0.731. The van der Waals surface area contributed by atoms with Crippen molar-refractivity contribution in [3.63, 3.8) is 0 Å². The van der Waals surface area contributed by atoms with Crippen LogP contribution >= 0.6 is 0 Å². The highest BCUT2D eigenvalue weighted by molar-refractivity contribution is 7.89. The lowest BCUT2D eigenvalue weighted by atomic mass is 9.87. The van der Waals surface area contributed by atoms with E-state index in [1.165, 1.54) is 16.7 Å². The molecule has 1 aliphatic rings. The number of anilines is 1. The van der Waals surface area contributed by atoms with Crippen LogP contribution in [0.3, 0.4) is 0 Å². The predicted molar refractivity (Wildman–Crippen MR) is 175 cm³/mol. The molecule has 0 spiro atoms. The first-order chi connectivity index (χ1) is 21.0. The number of nitrogens with one attached hydrogen (secondary N) is 1. The zero-order valence-electron chi connectivity index (χ0n) is 25.8. The number of nitrogens with zero attached hydrogens (tertiary/aromatic N) is 2. The summed E-state index contributed by atoms with van der Waals surface area (Å²) >= 11 is 0. The van der Waals surface area contributed by atoms with Crippen LogP contribution in [0.4, 0.5) is 5.69 Å². The highest BCUT2D eigenvalue weighted by Crippen LogP contribution is 2.31. The van der Waals surface area contributed by atoms with Gasteiger partial charge in [-0.2, -0.15) is 4.31 Å². The van der Waals surface area contributed by atoms with Crippen molar-refractivity contribution >= 4 is 21.6 Å². The third kappa shape index (κ3) is 7.38. The van der Waals surface area contributed by atoms with Gasteiger partial charge in [-0.25, -0.2) is 8.42 Å². The molecule has 44 heavy (non-hydrogen) atoms. The lowest BCUT2D eigenvalue weighted by Gasteiger charge is -2.39. The third-order valence-corrected chi connectivity index (χ3v) is 9.94. The van der Waals surface area contributed by atoms with Crippen molar-refractivity contribution in [3.8, 4) is 5.75 Å². The molecule has 0 aliphatic carbocycles. The quantitative estimate of drug-likeness (QED) is 0.234. The molecule has 0 radical (unpaired) electrons. The number of benzene rings is 4. The second kappa shape index (κ2) is 13.3. The van der Waals surface area contributed by atoms with E-state index in [4.69, 9.17) is 4.74 Å². The normalized spacial score (nSPS) is 15.6. The van der Waals surface area contributed by atoms with Gasteiger partial charge in [0, 0.05) is 31.9 Å². The maximum atomic E-state index is 13.5. The second-order valence-electron chi connectivity index (χ2n) is 12.2.